The smallest absolute Gasteiger partial charge is 0.352 e. The number of benzene rings is 1. The third-order valence-electron chi connectivity index (χ3n) is 4.77. The van der Waals surface area contributed by atoms with Gasteiger partial charge in [-0.05, 0) is 50.5 Å². The fourth-order valence-electron chi connectivity index (χ4n) is 3.41. The number of anilines is 1. The van der Waals surface area contributed by atoms with Crippen LogP contribution in [0.5, 0.6) is 0 Å². The SMILES string of the molecule is Cc1cc(C)nc(N2CCC[C@H](C(=O)NCc3cccc(C(F)(F)F)c3)C2)n1. The van der Waals surface area contributed by atoms with Gasteiger partial charge >= 0.3 is 6.18 Å². The molecule has 0 saturated carbocycles. The summed E-state index contributed by atoms with van der Waals surface area (Å²) in [6.45, 7) is 5.15. The summed E-state index contributed by atoms with van der Waals surface area (Å²) in [7, 11) is 0. The number of rotatable bonds is 4. The molecule has 1 aromatic carbocycles. The number of carbonyl (C=O) groups excluding carboxylic acids is 1. The molecule has 1 saturated heterocycles. The van der Waals surface area contributed by atoms with Gasteiger partial charge in [0.25, 0.3) is 0 Å². The quantitative estimate of drug-likeness (QED) is 0.863. The molecule has 2 aromatic rings. The Hall–Kier alpha value is -2.64. The third kappa shape index (κ3) is 4.99. The van der Waals surface area contributed by atoms with Crippen LogP contribution in [0.25, 0.3) is 0 Å². The number of piperidine rings is 1. The van der Waals surface area contributed by atoms with Crippen molar-refractivity contribution in [2.24, 2.45) is 5.92 Å². The Kier molecular flexibility index (Phi) is 5.86. The van der Waals surface area contributed by atoms with Crippen LogP contribution in [0.4, 0.5) is 19.1 Å². The molecule has 1 amide bonds. The molecule has 3 rings (SSSR count). The number of carbonyl (C=O) groups is 1. The van der Waals surface area contributed by atoms with Crippen LogP contribution in [-0.4, -0.2) is 29.0 Å². The summed E-state index contributed by atoms with van der Waals surface area (Å²) >= 11 is 0. The molecule has 2 heterocycles. The molecule has 1 fully saturated rings. The van der Waals surface area contributed by atoms with E-state index in [1.165, 1.54) is 6.07 Å². The highest BCUT2D eigenvalue weighted by Gasteiger charge is 2.31. The molecule has 1 aliphatic heterocycles. The molecule has 1 atom stereocenters. The first-order valence-electron chi connectivity index (χ1n) is 9.23. The van der Waals surface area contributed by atoms with Crippen molar-refractivity contribution in [3.05, 3.63) is 52.8 Å². The predicted octanol–water partition coefficient (Wildman–Crippen LogP) is 3.65. The van der Waals surface area contributed by atoms with Gasteiger partial charge in [-0.1, -0.05) is 12.1 Å². The first kappa shape index (κ1) is 20.1. The van der Waals surface area contributed by atoms with E-state index in [0.717, 1.165) is 42.9 Å². The Morgan fingerprint density at radius 2 is 1.93 bits per heavy atom. The number of nitrogens with zero attached hydrogens (tertiary/aromatic N) is 3. The van der Waals surface area contributed by atoms with Gasteiger partial charge in [-0.15, -0.1) is 0 Å². The Morgan fingerprint density at radius 3 is 2.61 bits per heavy atom. The average molecular weight is 392 g/mol. The number of hydrogen-bond acceptors (Lipinski definition) is 4. The van der Waals surface area contributed by atoms with Crippen molar-refractivity contribution in [2.75, 3.05) is 18.0 Å². The summed E-state index contributed by atoms with van der Waals surface area (Å²) in [6, 6.07) is 6.91. The molecule has 5 nitrogen and oxygen atoms in total. The van der Waals surface area contributed by atoms with Crippen molar-refractivity contribution in [3.63, 3.8) is 0 Å². The van der Waals surface area contributed by atoms with E-state index in [1.54, 1.807) is 6.07 Å². The van der Waals surface area contributed by atoms with Gasteiger partial charge in [0.1, 0.15) is 0 Å². The van der Waals surface area contributed by atoms with Gasteiger partial charge < -0.3 is 10.2 Å². The van der Waals surface area contributed by atoms with Gasteiger partial charge in [0.05, 0.1) is 11.5 Å². The standard InChI is InChI=1S/C20H23F3N4O/c1-13-9-14(2)26-19(25-13)27-8-4-6-16(12-27)18(28)24-11-15-5-3-7-17(10-15)20(21,22)23/h3,5,7,9-10,16H,4,6,8,11-12H2,1-2H3,(H,24,28)/t16-/m0/s1. The lowest BCUT2D eigenvalue weighted by molar-refractivity contribution is -0.137. The summed E-state index contributed by atoms with van der Waals surface area (Å²) in [4.78, 5) is 23.5. The highest BCUT2D eigenvalue weighted by atomic mass is 19.4. The molecular formula is C20H23F3N4O. The van der Waals surface area contributed by atoms with Crippen molar-refractivity contribution in [3.8, 4) is 0 Å². The van der Waals surface area contributed by atoms with E-state index < -0.39 is 11.7 Å². The zero-order valence-electron chi connectivity index (χ0n) is 15.9. The van der Waals surface area contributed by atoms with Crippen molar-refractivity contribution in [1.29, 1.82) is 0 Å². The molecule has 1 N–H and O–H groups in total. The molecule has 8 heteroatoms. The van der Waals surface area contributed by atoms with Crippen LogP contribution in [0, 0.1) is 19.8 Å². The van der Waals surface area contributed by atoms with Crippen molar-refractivity contribution >= 4 is 11.9 Å². The average Bonchev–Trinajstić information content (AvgIpc) is 2.65. The lowest BCUT2D eigenvalue weighted by Gasteiger charge is -2.32. The Morgan fingerprint density at radius 1 is 1.21 bits per heavy atom. The first-order valence-corrected chi connectivity index (χ1v) is 9.23. The topological polar surface area (TPSA) is 58.1 Å². The number of amides is 1. The zero-order chi connectivity index (χ0) is 20.3. The number of nitrogens with one attached hydrogen (secondary N) is 1. The largest absolute Gasteiger partial charge is 0.416 e. The molecule has 0 spiro atoms. The molecule has 0 aliphatic carbocycles. The minimum Gasteiger partial charge on any atom is -0.352 e. The fraction of sp³-hybridized carbons (Fsp3) is 0.450. The lowest BCUT2D eigenvalue weighted by atomic mass is 9.97. The maximum atomic E-state index is 12.8. The first-order chi connectivity index (χ1) is 13.2. The second kappa shape index (κ2) is 8.16. The summed E-state index contributed by atoms with van der Waals surface area (Å²) in [6.07, 6.45) is -2.83. The minimum absolute atomic E-state index is 0.0688. The predicted molar refractivity (Wildman–Crippen MR) is 99.7 cm³/mol. The third-order valence-corrected chi connectivity index (χ3v) is 4.77. The minimum atomic E-state index is -4.39. The highest BCUT2D eigenvalue weighted by Crippen LogP contribution is 2.29. The van der Waals surface area contributed by atoms with Crippen molar-refractivity contribution in [1.82, 2.24) is 15.3 Å². The van der Waals surface area contributed by atoms with Crippen LogP contribution in [-0.2, 0) is 17.5 Å². The van der Waals surface area contributed by atoms with Gasteiger partial charge in [0.2, 0.25) is 11.9 Å². The summed E-state index contributed by atoms with van der Waals surface area (Å²) < 4.78 is 38.4. The maximum absolute atomic E-state index is 12.8. The van der Waals surface area contributed by atoms with E-state index in [4.69, 9.17) is 0 Å². The van der Waals surface area contributed by atoms with Crippen LogP contribution < -0.4 is 10.2 Å². The van der Waals surface area contributed by atoms with Crippen LogP contribution in [0.3, 0.4) is 0 Å². The van der Waals surface area contributed by atoms with E-state index in [2.05, 4.69) is 15.3 Å². The second-order valence-electron chi connectivity index (χ2n) is 7.15. The molecule has 150 valence electrons. The molecule has 0 unspecified atom stereocenters. The van der Waals surface area contributed by atoms with E-state index in [9.17, 15) is 18.0 Å². The summed E-state index contributed by atoms with van der Waals surface area (Å²) in [5, 5.41) is 2.77. The van der Waals surface area contributed by atoms with Gasteiger partial charge in [0, 0.05) is 31.0 Å². The van der Waals surface area contributed by atoms with Gasteiger partial charge in [0.15, 0.2) is 0 Å². The van der Waals surface area contributed by atoms with Crippen molar-refractivity contribution in [2.45, 2.75) is 39.4 Å². The van der Waals surface area contributed by atoms with E-state index in [1.807, 2.05) is 24.8 Å². The highest BCUT2D eigenvalue weighted by molar-refractivity contribution is 5.79. The molecular weight excluding hydrogens is 369 g/mol. The van der Waals surface area contributed by atoms with E-state index >= 15 is 0 Å². The zero-order valence-corrected chi connectivity index (χ0v) is 15.9. The molecule has 1 aliphatic rings. The van der Waals surface area contributed by atoms with Crippen molar-refractivity contribution < 1.29 is 18.0 Å². The number of aromatic nitrogens is 2. The number of hydrogen-bond donors (Lipinski definition) is 1. The Labute approximate surface area is 162 Å². The lowest BCUT2D eigenvalue weighted by Crippen LogP contribution is -2.43. The van der Waals surface area contributed by atoms with E-state index in [-0.39, 0.29) is 18.4 Å². The monoisotopic (exact) mass is 392 g/mol. The number of aryl methyl sites for hydroxylation is 2. The van der Waals surface area contributed by atoms with E-state index in [0.29, 0.717) is 18.1 Å². The van der Waals surface area contributed by atoms with Crippen LogP contribution in [0.1, 0.15) is 35.4 Å². The van der Waals surface area contributed by atoms with Crippen LogP contribution in [0.2, 0.25) is 0 Å². The Bertz CT molecular complexity index is 833. The molecule has 0 radical (unpaired) electrons. The molecule has 28 heavy (non-hydrogen) atoms. The molecule has 0 bridgehead atoms. The van der Waals surface area contributed by atoms with Crippen LogP contribution >= 0.6 is 0 Å². The number of halogens is 3. The van der Waals surface area contributed by atoms with Crippen LogP contribution in [0.15, 0.2) is 30.3 Å². The second-order valence-corrected chi connectivity index (χ2v) is 7.15. The number of alkyl halides is 3. The molecule has 1 aromatic heterocycles. The summed E-state index contributed by atoms with van der Waals surface area (Å²) in [5.41, 5.74) is 1.46. The Balaban J connectivity index is 1.61. The normalized spacial score (nSPS) is 17.5. The maximum Gasteiger partial charge on any atom is 0.416 e. The van der Waals surface area contributed by atoms with Gasteiger partial charge in [-0.3, -0.25) is 4.79 Å². The summed E-state index contributed by atoms with van der Waals surface area (Å²) in [5.74, 6) is 0.211. The van der Waals surface area contributed by atoms with Gasteiger partial charge in [-0.2, -0.15) is 13.2 Å². The fourth-order valence-corrected chi connectivity index (χ4v) is 3.41. The van der Waals surface area contributed by atoms with Gasteiger partial charge in [-0.25, -0.2) is 9.97 Å².